The highest BCUT2D eigenvalue weighted by molar-refractivity contribution is 5.88. The third kappa shape index (κ3) is 1.07. The fourth-order valence-corrected chi connectivity index (χ4v) is 2.18. The van der Waals surface area contributed by atoms with Crippen LogP contribution in [0.5, 0.6) is 5.75 Å². The minimum absolute atomic E-state index is 0.283. The van der Waals surface area contributed by atoms with Crippen molar-refractivity contribution in [1.29, 1.82) is 5.26 Å². The lowest BCUT2D eigenvalue weighted by Gasteiger charge is -2.09. The zero-order valence-electron chi connectivity index (χ0n) is 8.99. The lowest BCUT2D eigenvalue weighted by Crippen LogP contribution is -2.02. The molecule has 1 aliphatic rings. The van der Waals surface area contributed by atoms with E-state index < -0.39 is 0 Å². The Balaban J connectivity index is 2.28. The van der Waals surface area contributed by atoms with E-state index in [0.717, 1.165) is 35.1 Å². The molecule has 3 heteroatoms. The fourth-order valence-electron chi connectivity index (χ4n) is 2.18. The predicted octanol–water partition coefficient (Wildman–Crippen LogP) is 3.00. The second-order valence-corrected chi connectivity index (χ2v) is 4.17. The fraction of sp³-hybridized carbons (Fsp3) is 0.308. The van der Waals surface area contributed by atoms with Gasteiger partial charge in [-0.3, -0.25) is 0 Å². The van der Waals surface area contributed by atoms with Gasteiger partial charge in [-0.05, 0) is 30.5 Å². The third-order valence-corrected chi connectivity index (χ3v) is 3.28. The highest BCUT2D eigenvalue weighted by Gasteiger charge is 2.46. The summed E-state index contributed by atoms with van der Waals surface area (Å²) < 4.78 is 10.6. The molecule has 0 N–H and O–H groups in total. The molecule has 2 aromatic rings. The molecule has 1 fully saturated rings. The summed E-state index contributed by atoms with van der Waals surface area (Å²) in [7, 11) is 1.62. The molecule has 0 amide bonds. The maximum Gasteiger partial charge on any atom is 0.175 e. The van der Waals surface area contributed by atoms with Gasteiger partial charge in [0.2, 0.25) is 0 Å². The molecule has 0 atom stereocenters. The number of nitrogens with zero attached hydrogens (tertiary/aromatic N) is 1. The van der Waals surface area contributed by atoms with E-state index in [1.165, 1.54) is 0 Å². The van der Waals surface area contributed by atoms with Crippen LogP contribution in [0.2, 0.25) is 0 Å². The number of rotatable bonds is 2. The molecule has 1 aromatic heterocycles. The van der Waals surface area contributed by atoms with Crippen LogP contribution in [0.3, 0.4) is 0 Å². The van der Waals surface area contributed by atoms with Crippen molar-refractivity contribution in [2.45, 2.75) is 18.3 Å². The van der Waals surface area contributed by atoms with Crippen LogP contribution in [0.4, 0.5) is 0 Å². The van der Waals surface area contributed by atoms with E-state index in [-0.39, 0.29) is 5.41 Å². The van der Waals surface area contributed by atoms with Crippen LogP contribution in [0.25, 0.3) is 11.0 Å². The van der Waals surface area contributed by atoms with Crippen LogP contribution in [-0.2, 0) is 5.41 Å². The molecule has 0 saturated heterocycles. The number of furan rings is 1. The lowest BCUT2D eigenvalue weighted by molar-refractivity contribution is 0.410. The smallest absolute Gasteiger partial charge is 0.175 e. The Hall–Kier alpha value is -1.95. The van der Waals surface area contributed by atoms with Gasteiger partial charge in [0.25, 0.3) is 0 Å². The molecular formula is C13H11NO2. The van der Waals surface area contributed by atoms with E-state index in [4.69, 9.17) is 9.15 Å². The summed E-state index contributed by atoms with van der Waals surface area (Å²) in [6.45, 7) is 0. The van der Waals surface area contributed by atoms with Crippen LogP contribution in [0, 0.1) is 11.3 Å². The summed E-state index contributed by atoms with van der Waals surface area (Å²) in [5.74, 6) is 0.720. The normalized spacial score (nSPS) is 17.0. The monoisotopic (exact) mass is 213 g/mol. The molecule has 3 rings (SSSR count). The largest absolute Gasteiger partial charge is 0.493 e. The number of benzene rings is 1. The minimum atomic E-state index is -0.283. The van der Waals surface area contributed by atoms with Gasteiger partial charge in [-0.25, -0.2) is 0 Å². The highest BCUT2D eigenvalue weighted by atomic mass is 16.5. The van der Waals surface area contributed by atoms with Crippen molar-refractivity contribution in [1.82, 2.24) is 0 Å². The van der Waals surface area contributed by atoms with Crippen LogP contribution >= 0.6 is 0 Å². The predicted molar refractivity (Wildman–Crippen MR) is 59.3 cm³/mol. The van der Waals surface area contributed by atoms with E-state index in [2.05, 4.69) is 6.07 Å². The molecule has 0 unspecified atom stereocenters. The Kier molecular flexibility index (Phi) is 1.75. The van der Waals surface area contributed by atoms with Gasteiger partial charge in [0.1, 0.15) is 0 Å². The van der Waals surface area contributed by atoms with Crippen molar-refractivity contribution < 1.29 is 9.15 Å². The molecule has 0 bridgehead atoms. The Labute approximate surface area is 93.2 Å². The molecule has 0 aliphatic heterocycles. The Morgan fingerprint density at radius 3 is 2.81 bits per heavy atom. The molecule has 3 nitrogen and oxygen atoms in total. The SMILES string of the molecule is COc1ccc(C2(C#N)CC2)c2ccoc12. The minimum Gasteiger partial charge on any atom is -0.493 e. The average Bonchev–Trinajstić information content (AvgIpc) is 2.97. The molecular weight excluding hydrogens is 202 g/mol. The standard InChI is InChI=1S/C13H11NO2/c1-15-11-3-2-10(13(8-14)5-6-13)9-4-7-16-12(9)11/h2-4,7H,5-6H2,1H3. The summed E-state index contributed by atoms with van der Waals surface area (Å²) in [6.07, 6.45) is 3.52. The van der Waals surface area contributed by atoms with Crippen molar-refractivity contribution >= 4 is 11.0 Å². The van der Waals surface area contributed by atoms with Crippen LogP contribution in [-0.4, -0.2) is 7.11 Å². The van der Waals surface area contributed by atoms with Crippen molar-refractivity contribution in [3.63, 3.8) is 0 Å². The van der Waals surface area contributed by atoms with Gasteiger partial charge in [-0.1, -0.05) is 6.07 Å². The summed E-state index contributed by atoms with van der Waals surface area (Å²) in [5, 5.41) is 10.2. The second-order valence-electron chi connectivity index (χ2n) is 4.17. The maximum absolute atomic E-state index is 9.22. The van der Waals surface area contributed by atoms with Gasteiger partial charge < -0.3 is 9.15 Å². The highest BCUT2D eigenvalue weighted by Crippen LogP contribution is 2.50. The van der Waals surface area contributed by atoms with Crippen molar-refractivity contribution in [2.24, 2.45) is 0 Å². The summed E-state index contributed by atoms with van der Waals surface area (Å²) in [6, 6.07) is 8.17. The summed E-state index contributed by atoms with van der Waals surface area (Å²) in [5.41, 5.74) is 1.52. The quantitative estimate of drug-likeness (QED) is 0.770. The molecule has 1 aromatic carbocycles. The van der Waals surface area contributed by atoms with Gasteiger partial charge in [0.15, 0.2) is 11.3 Å². The number of fused-ring (bicyclic) bond motifs is 1. The first-order valence-electron chi connectivity index (χ1n) is 5.27. The Morgan fingerprint density at radius 2 is 2.19 bits per heavy atom. The van der Waals surface area contributed by atoms with E-state index in [9.17, 15) is 5.26 Å². The third-order valence-electron chi connectivity index (χ3n) is 3.28. The van der Waals surface area contributed by atoms with Crippen LogP contribution < -0.4 is 4.74 Å². The van der Waals surface area contributed by atoms with E-state index >= 15 is 0 Å². The molecule has 1 aliphatic carbocycles. The van der Waals surface area contributed by atoms with E-state index in [0.29, 0.717) is 0 Å². The van der Waals surface area contributed by atoms with E-state index in [1.54, 1.807) is 13.4 Å². The Morgan fingerprint density at radius 1 is 1.38 bits per heavy atom. The maximum atomic E-state index is 9.22. The van der Waals surface area contributed by atoms with Crippen molar-refractivity contribution in [3.05, 3.63) is 30.0 Å². The van der Waals surface area contributed by atoms with Crippen molar-refractivity contribution in [3.8, 4) is 11.8 Å². The van der Waals surface area contributed by atoms with Gasteiger partial charge in [0.05, 0.1) is 24.9 Å². The molecule has 16 heavy (non-hydrogen) atoms. The first-order chi connectivity index (χ1) is 7.80. The first-order valence-corrected chi connectivity index (χ1v) is 5.27. The van der Waals surface area contributed by atoms with Gasteiger partial charge in [-0.15, -0.1) is 0 Å². The zero-order chi connectivity index (χ0) is 11.2. The average molecular weight is 213 g/mol. The van der Waals surface area contributed by atoms with Gasteiger partial charge in [-0.2, -0.15) is 5.26 Å². The van der Waals surface area contributed by atoms with E-state index in [1.807, 2.05) is 18.2 Å². The molecule has 1 heterocycles. The summed E-state index contributed by atoms with van der Waals surface area (Å²) >= 11 is 0. The van der Waals surface area contributed by atoms with Crippen LogP contribution in [0.15, 0.2) is 28.9 Å². The topological polar surface area (TPSA) is 46.2 Å². The number of nitriles is 1. The van der Waals surface area contributed by atoms with Gasteiger partial charge in [0, 0.05) is 5.39 Å². The number of ether oxygens (including phenoxy) is 1. The lowest BCUT2D eigenvalue weighted by atomic mass is 9.94. The summed E-state index contributed by atoms with van der Waals surface area (Å²) in [4.78, 5) is 0. The van der Waals surface area contributed by atoms with Crippen molar-refractivity contribution in [2.75, 3.05) is 7.11 Å². The molecule has 80 valence electrons. The first kappa shape index (κ1) is 9.29. The van der Waals surface area contributed by atoms with Crippen LogP contribution in [0.1, 0.15) is 18.4 Å². The second kappa shape index (κ2) is 3.02. The molecule has 0 spiro atoms. The molecule has 0 radical (unpaired) electrons. The number of hydrogen-bond acceptors (Lipinski definition) is 3. The molecule has 1 saturated carbocycles. The number of hydrogen-bond donors (Lipinski definition) is 0. The van der Waals surface area contributed by atoms with Gasteiger partial charge >= 0.3 is 0 Å². The Bertz CT molecular complexity index is 587. The zero-order valence-corrected chi connectivity index (χ0v) is 8.99. The number of methoxy groups -OCH3 is 1.